The van der Waals surface area contributed by atoms with E-state index in [0.29, 0.717) is 55.8 Å². The molecule has 2 aromatic heterocycles. The molecule has 0 radical (unpaired) electrons. The molecule has 254 valence electrons. The van der Waals surface area contributed by atoms with Gasteiger partial charge in [-0.2, -0.15) is 5.10 Å². The Labute approximate surface area is 285 Å². The SMILES string of the molecule is Cc1ccc(-n2nc(C(C)(C)C)cc2NC(=O)Nc2ccc(OCCN3CCOC(OC(=O)Nc4ccccc4)C3)c3ccccc23)cn1. The number of nitrogens with zero attached hydrogens (tertiary/aromatic N) is 4. The molecule has 1 unspecified atom stereocenters. The summed E-state index contributed by atoms with van der Waals surface area (Å²) in [7, 11) is 0. The Kier molecular flexibility index (Phi) is 10.1. The van der Waals surface area contributed by atoms with Crippen molar-refractivity contribution in [3.05, 3.63) is 103 Å². The van der Waals surface area contributed by atoms with Gasteiger partial charge in [0.25, 0.3) is 0 Å². The van der Waals surface area contributed by atoms with Crippen molar-refractivity contribution >= 4 is 40.1 Å². The number of morpholine rings is 1. The lowest BCUT2D eigenvalue weighted by molar-refractivity contribution is -0.145. The molecule has 3 aromatic carbocycles. The van der Waals surface area contributed by atoms with Gasteiger partial charge in [-0.15, -0.1) is 0 Å². The molecular weight excluding hydrogens is 622 g/mol. The first-order chi connectivity index (χ1) is 23.6. The highest BCUT2D eigenvalue weighted by Gasteiger charge is 2.24. The van der Waals surface area contributed by atoms with Crippen LogP contribution in [-0.2, 0) is 14.9 Å². The van der Waals surface area contributed by atoms with Crippen molar-refractivity contribution in [1.29, 1.82) is 0 Å². The summed E-state index contributed by atoms with van der Waals surface area (Å²) >= 11 is 0. The molecule has 5 aromatic rings. The van der Waals surface area contributed by atoms with Crippen molar-refractivity contribution in [1.82, 2.24) is 19.7 Å². The van der Waals surface area contributed by atoms with E-state index >= 15 is 0 Å². The molecule has 1 aliphatic rings. The van der Waals surface area contributed by atoms with E-state index < -0.39 is 18.4 Å². The van der Waals surface area contributed by atoms with Crippen LogP contribution in [0.25, 0.3) is 16.5 Å². The largest absolute Gasteiger partial charge is 0.492 e. The van der Waals surface area contributed by atoms with E-state index in [1.165, 1.54) is 0 Å². The minimum atomic E-state index is -0.679. The van der Waals surface area contributed by atoms with Crippen LogP contribution < -0.4 is 20.7 Å². The van der Waals surface area contributed by atoms with Crippen LogP contribution in [0.15, 0.2) is 91.1 Å². The Morgan fingerprint density at radius 1 is 0.939 bits per heavy atom. The summed E-state index contributed by atoms with van der Waals surface area (Å²) in [6.45, 7) is 10.7. The Morgan fingerprint density at radius 3 is 2.47 bits per heavy atom. The maximum absolute atomic E-state index is 13.4. The molecule has 1 fully saturated rings. The molecule has 6 rings (SSSR count). The van der Waals surface area contributed by atoms with E-state index in [9.17, 15) is 9.59 Å². The quantitative estimate of drug-likeness (QED) is 0.154. The first-order valence-corrected chi connectivity index (χ1v) is 16.3. The molecule has 49 heavy (non-hydrogen) atoms. The molecule has 0 spiro atoms. The van der Waals surface area contributed by atoms with Crippen molar-refractivity contribution in [3.63, 3.8) is 0 Å². The van der Waals surface area contributed by atoms with Gasteiger partial charge < -0.3 is 19.5 Å². The summed E-state index contributed by atoms with van der Waals surface area (Å²) in [4.78, 5) is 32.2. The van der Waals surface area contributed by atoms with E-state index in [1.807, 2.05) is 79.7 Å². The number of aryl methyl sites for hydroxylation is 1. The molecular formula is C37H41N7O5. The second-order valence-corrected chi connectivity index (χ2v) is 12.8. The average molecular weight is 664 g/mol. The average Bonchev–Trinajstić information content (AvgIpc) is 3.51. The van der Waals surface area contributed by atoms with Crippen molar-refractivity contribution < 1.29 is 23.8 Å². The van der Waals surface area contributed by atoms with Crippen LogP contribution >= 0.6 is 0 Å². The van der Waals surface area contributed by atoms with Gasteiger partial charge in [0.1, 0.15) is 18.2 Å². The van der Waals surface area contributed by atoms with E-state index in [4.69, 9.17) is 19.3 Å². The van der Waals surface area contributed by atoms with Crippen molar-refractivity contribution in [3.8, 4) is 11.4 Å². The van der Waals surface area contributed by atoms with Gasteiger partial charge in [0.05, 0.1) is 36.4 Å². The molecule has 1 saturated heterocycles. The lowest BCUT2D eigenvalue weighted by Crippen LogP contribution is -2.46. The number of hydrogen-bond acceptors (Lipinski definition) is 8. The smallest absolute Gasteiger partial charge is 0.413 e. The molecule has 12 nitrogen and oxygen atoms in total. The van der Waals surface area contributed by atoms with Gasteiger partial charge in [-0.25, -0.2) is 14.3 Å². The van der Waals surface area contributed by atoms with Crippen molar-refractivity contribution in [2.75, 3.05) is 48.8 Å². The zero-order chi connectivity index (χ0) is 34.4. The number of para-hydroxylation sites is 1. The van der Waals surface area contributed by atoms with E-state index in [-0.39, 0.29) is 5.41 Å². The number of anilines is 3. The Bertz CT molecular complexity index is 1900. The molecule has 1 atom stereocenters. The number of fused-ring (bicyclic) bond motifs is 1. The second-order valence-electron chi connectivity index (χ2n) is 12.8. The third-order valence-electron chi connectivity index (χ3n) is 8.03. The zero-order valence-corrected chi connectivity index (χ0v) is 28.1. The lowest BCUT2D eigenvalue weighted by Gasteiger charge is -2.32. The third-order valence-corrected chi connectivity index (χ3v) is 8.03. The normalized spacial score (nSPS) is 15.1. The van der Waals surface area contributed by atoms with Gasteiger partial charge in [0.2, 0.25) is 6.29 Å². The van der Waals surface area contributed by atoms with Gasteiger partial charge in [-0.1, -0.05) is 63.2 Å². The van der Waals surface area contributed by atoms with Crippen molar-refractivity contribution in [2.24, 2.45) is 0 Å². The van der Waals surface area contributed by atoms with Gasteiger partial charge >= 0.3 is 12.1 Å². The monoisotopic (exact) mass is 663 g/mol. The van der Waals surface area contributed by atoms with Crippen LogP contribution in [0.1, 0.15) is 32.2 Å². The molecule has 0 aliphatic carbocycles. The molecule has 12 heteroatoms. The fourth-order valence-electron chi connectivity index (χ4n) is 5.41. The summed E-state index contributed by atoms with van der Waals surface area (Å²) in [5.41, 5.74) is 3.55. The fraction of sp³-hybridized carbons (Fsp3) is 0.297. The number of pyridine rings is 1. The number of ether oxygens (including phenoxy) is 3. The zero-order valence-electron chi connectivity index (χ0n) is 28.1. The number of rotatable bonds is 9. The van der Waals surface area contributed by atoms with E-state index in [2.05, 4.69) is 46.6 Å². The first-order valence-electron chi connectivity index (χ1n) is 16.3. The van der Waals surface area contributed by atoms with E-state index in [1.54, 1.807) is 23.0 Å². The van der Waals surface area contributed by atoms with Crippen LogP contribution in [0.5, 0.6) is 5.75 Å². The number of urea groups is 1. The van der Waals surface area contributed by atoms with Gasteiger partial charge in [-0.05, 0) is 43.3 Å². The number of hydrogen-bond donors (Lipinski definition) is 3. The van der Waals surface area contributed by atoms with Crippen LogP contribution in [0, 0.1) is 6.92 Å². The minimum Gasteiger partial charge on any atom is -0.492 e. The van der Waals surface area contributed by atoms with Gasteiger partial charge in [-0.3, -0.25) is 20.5 Å². The first kappa shape index (κ1) is 33.4. The predicted octanol–water partition coefficient (Wildman–Crippen LogP) is 6.96. The summed E-state index contributed by atoms with van der Waals surface area (Å²) in [6.07, 6.45) is 0.495. The number of carbonyl (C=O) groups excluding carboxylic acids is 2. The number of benzene rings is 3. The highest BCUT2D eigenvalue weighted by Crippen LogP contribution is 2.32. The third kappa shape index (κ3) is 8.53. The highest BCUT2D eigenvalue weighted by molar-refractivity contribution is 6.07. The van der Waals surface area contributed by atoms with Gasteiger partial charge in [0, 0.05) is 46.7 Å². The van der Waals surface area contributed by atoms with Crippen molar-refractivity contribution in [2.45, 2.75) is 39.4 Å². The molecule has 3 amide bonds. The van der Waals surface area contributed by atoms with E-state index in [0.717, 1.165) is 27.8 Å². The maximum atomic E-state index is 13.4. The van der Waals surface area contributed by atoms with Crippen LogP contribution in [0.4, 0.5) is 26.8 Å². The summed E-state index contributed by atoms with van der Waals surface area (Å²) in [6, 6.07) is 25.9. The maximum Gasteiger partial charge on any atom is 0.413 e. The topological polar surface area (TPSA) is 132 Å². The summed E-state index contributed by atoms with van der Waals surface area (Å²) in [5, 5.41) is 15.2. The van der Waals surface area contributed by atoms with Crippen LogP contribution in [-0.4, -0.2) is 70.9 Å². The molecule has 3 N–H and O–H groups in total. The molecule has 0 saturated carbocycles. The molecule has 0 bridgehead atoms. The van der Waals surface area contributed by atoms with Crippen LogP contribution in [0.3, 0.4) is 0 Å². The number of nitrogens with one attached hydrogen (secondary N) is 3. The highest BCUT2D eigenvalue weighted by atomic mass is 16.7. The van der Waals surface area contributed by atoms with Gasteiger partial charge in [0.15, 0.2) is 0 Å². The predicted molar refractivity (Wildman–Crippen MR) is 190 cm³/mol. The Hall–Kier alpha value is -5.46. The molecule has 3 heterocycles. The number of aromatic nitrogens is 3. The number of amides is 3. The number of carbonyl (C=O) groups is 2. The fourth-order valence-corrected chi connectivity index (χ4v) is 5.41. The second kappa shape index (κ2) is 14.8. The Morgan fingerprint density at radius 2 is 1.71 bits per heavy atom. The van der Waals surface area contributed by atoms with Crippen LogP contribution in [0.2, 0.25) is 0 Å². The molecule has 1 aliphatic heterocycles. The Balaban J connectivity index is 1.08. The summed E-state index contributed by atoms with van der Waals surface area (Å²) in [5.74, 6) is 1.23. The summed E-state index contributed by atoms with van der Waals surface area (Å²) < 4.78 is 19.1. The minimum absolute atomic E-state index is 0.224. The lowest BCUT2D eigenvalue weighted by atomic mass is 9.92. The standard InChI is InChI=1S/C37H41N7O5/c1-25-14-15-27(23-38-25)44-33(22-32(42-44)37(2,3)4)41-35(45)40-30-16-17-31(29-13-9-8-12-28(29)30)47-20-18-43-19-21-48-34(24-43)49-36(46)39-26-10-6-5-7-11-26/h5-17,22-23,34H,18-21,24H2,1-4H3,(H,39,46)(H2,40,41,45).